The summed E-state index contributed by atoms with van der Waals surface area (Å²) in [7, 11) is 0. The quantitative estimate of drug-likeness (QED) is 0.573. The Morgan fingerprint density at radius 1 is 1.60 bits per heavy atom. The fraction of sp³-hybridized carbons (Fsp3) is 0.833. The van der Waals surface area contributed by atoms with Gasteiger partial charge in [-0.2, -0.15) is 25.3 Å². The summed E-state index contributed by atoms with van der Waals surface area (Å²) in [6, 6.07) is 0. The maximum absolute atomic E-state index is 10.2. The van der Waals surface area contributed by atoms with Gasteiger partial charge >= 0.3 is 5.97 Å². The first-order valence-electron chi connectivity index (χ1n) is 3.16. The highest BCUT2D eigenvalue weighted by Crippen LogP contribution is 2.12. The summed E-state index contributed by atoms with van der Waals surface area (Å²) in [4.78, 5) is 10.2. The summed E-state index contributed by atoms with van der Waals surface area (Å²) in [6.07, 6.45) is 1.41. The highest BCUT2D eigenvalue weighted by molar-refractivity contribution is 7.82. The lowest BCUT2D eigenvalue weighted by molar-refractivity contribution is -0.136. The molecule has 0 rings (SSSR count). The van der Waals surface area contributed by atoms with Crippen LogP contribution in [0.4, 0.5) is 0 Å². The Morgan fingerprint density at radius 2 is 2.10 bits per heavy atom. The van der Waals surface area contributed by atoms with E-state index in [1.807, 2.05) is 6.92 Å². The molecular formula is C6H12O2S2. The van der Waals surface area contributed by atoms with Gasteiger partial charge in [-0.05, 0) is 12.8 Å². The first-order valence-corrected chi connectivity index (χ1v) is 4.20. The van der Waals surface area contributed by atoms with Gasteiger partial charge in [-0.15, -0.1) is 0 Å². The number of aliphatic carboxylic acids is 1. The number of carboxylic acid groups (broad SMARTS) is 1. The van der Waals surface area contributed by atoms with Crippen LogP contribution in [-0.2, 0) is 4.79 Å². The van der Waals surface area contributed by atoms with Gasteiger partial charge in [0.1, 0.15) is 5.25 Å². The van der Waals surface area contributed by atoms with E-state index in [1.165, 1.54) is 0 Å². The Morgan fingerprint density at radius 3 is 2.40 bits per heavy atom. The Hall–Kier alpha value is 0.170. The van der Waals surface area contributed by atoms with E-state index < -0.39 is 11.2 Å². The molecule has 0 fully saturated rings. The van der Waals surface area contributed by atoms with E-state index in [9.17, 15) is 4.79 Å². The summed E-state index contributed by atoms with van der Waals surface area (Å²) in [5, 5.41) is 8.00. The van der Waals surface area contributed by atoms with E-state index >= 15 is 0 Å². The molecule has 0 heterocycles. The summed E-state index contributed by atoms with van der Waals surface area (Å²) < 4.78 is 0. The van der Waals surface area contributed by atoms with Crippen molar-refractivity contribution in [2.45, 2.75) is 30.3 Å². The normalized spacial score (nSPS) is 16.3. The molecule has 0 aromatic heterocycles. The van der Waals surface area contributed by atoms with Crippen molar-refractivity contribution in [2.75, 3.05) is 0 Å². The highest BCUT2D eigenvalue weighted by Gasteiger charge is 2.14. The van der Waals surface area contributed by atoms with Crippen molar-refractivity contribution in [1.29, 1.82) is 0 Å². The maximum atomic E-state index is 10.2. The second-order valence-electron chi connectivity index (χ2n) is 2.15. The number of carboxylic acids is 1. The third-order valence-corrected chi connectivity index (χ3v) is 2.26. The van der Waals surface area contributed by atoms with E-state index in [0.717, 1.165) is 6.42 Å². The van der Waals surface area contributed by atoms with Crippen LogP contribution in [0.3, 0.4) is 0 Å². The fourth-order valence-corrected chi connectivity index (χ4v) is 1.16. The van der Waals surface area contributed by atoms with Crippen LogP contribution in [0.25, 0.3) is 0 Å². The number of rotatable bonds is 4. The molecule has 0 aliphatic rings. The SMILES string of the molecule is CCC(S)CC(S)C(=O)O. The first kappa shape index (κ1) is 10.2. The smallest absolute Gasteiger partial charge is 0.316 e. The summed E-state index contributed by atoms with van der Waals surface area (Å²) in [5.74, 6) is -0.865. The van der Waals surface area contributed by atoms with Gasteiger partial charge in [-0.1, -0.05) is 6.92 Å². The van der Waals surface area contributed by atoms with Gasteiger partial charge in [0, 0.05) is 5.25 Å². The molecule has 60 valence electrons. The lowest BCUT2D eigenvalue weighted by Crippen LogP contribution is -2.17. The maximum Gasteiger partial charge on any atom is 0.316 e. The van der Waals surface area contributed by atoms with Crippen molar-refractivity contribution >= 4 is 31.2 Å². The van der Waals surface area contributed by atoms with Crippen molar-refractivity contribution in [3.05, 3.63) is 0 Å². The fourth-order valence-electron chi connectivity index (χ4n) is 0.525. The van der Waals surface area contributed by atoms with Gasteiger partial charge in [0.15, 0.2) is 0 Å². The molecule has 1 N–H and O–H groups in total. The van der Waals surface area contributed by atoms with Gasteiger partial charge < -0.3 is 5.11 Å². The first-order chi connectivity index (χ1) is 4.57. The van der Waals surface area contributed by atoms with Crippen LogP contribution < -0.4 is 0 Å². The number of hydrogen-bond donors (Lipinski definition) is 3. The summed E-state index contributed by atoms with van der Waals surface area (Å²) >= 11 is 8.02. The van der Waals surface area contributed by atoms with Crippen LogP contribution >= 0.6 is 25.3 Å². The molecule has 2 atom stereocenters. The zero-order valence-corrected chi connectivity index (χ0v) is 7.61. The predicted molar refractivity (Wildman–Crippen MR) is 48.1 cm³/mol. The molecule has 2 nitrogen and oxygen atoms in total. The monoisotopic (exact) mass is 180 g/mol. The van der Waals surface area contributed by atoms with E-state index in [2.05, 4.69) is 25.3 Å². The van der Waals surface area contributed by atoms with Crippen molar-refractivity contribution in [2.24, 2.45) is 0 Å². The molecule has 0 spiro atoms. The van der Waals surface area contributed by atoms with Gasteiger partial charge in [-0.25, -0.2) is 0 Å². The topological polar surface area (TPSA) is 37.3 Å². The molecule has 0 aromatic rings. The van der Waals surface area contributed by atoms with E-state index in [4.69, 9.17) is 5.11 Å². The zero-order chi connectivity index (χ0) is 8.15. The molecular weight excluding hydrogens is 168 g/mol. The third kappa shape index (κ3) is 4.06. The lowest BCUT2D eigenvalue weighted by Gasteiger charge is -2.09. The third-order valence-electron chi connectivity index (χ3n) is 1.25. The minimum atomic E-state index is -0.865. The van der Waals surface area contributed by atoms with Crippen molar-refractivity contribution in [3.63, 3.8) is 0 Å². The molecule has 0 saturated heterocycles. The highest BCUT2D eigenvalue weighted by atomic mass is 32.1. The van der Waals surface area contributed by atoms with Crippen LogP contribution in [0.5, 0.6) is 0 Å². The standard InChI is InChI=1S/C6H12O2S2/c1-2-4(9)3-5(10)6(7)8/h4-5,9-10H,2-3H2,1H3,(H,7,8). The van der Waals surface area contributed by atoms with Crippen molar-refractivity contribution < 1.29 is 9.90 Å². The van der Waals surface area contributed by atoms with Crippen LogP contribution in [0.15, 0.2) is 0 Å². The van der Waals surface area contributed by atoms with Crippen LogP contribution in [0.1, 0.15) is 19.8 Å². The molecule has 2 unspecified atom stereocenters. The van der Waals surface area contributed by atoms with Gasteiger partial charge in [0.2, 0.25) is 0 Å². The van der Waals surface area contributed by atoms with E-state index in [1.54, 1.807) is 0 Å². The molecule has 0 aromatic carbocycles. The molecule has 0 radical (unpaired) electrons. The zero-order valence-electron chi connectivity index (χ0n) is 5.82. The molecule has 0 bridgehead atoms. The minimum absolute atomic E-state index is 0.151. The summed E-state index contributed by atoms with van der Waals surface area (Å²) in [6.45, 7) is 1.97. The molecule has 0 aliphatic carbocycles. The molecule has 10 heavy (non-hydrogen) atoms. The number of carbonyl (C=O) groups is 1. The van der Waals surface area contributed by atoms with Gasteiger partial charge in [0.25, 0.3) is 0 Å². The Labute approximate surface area is 71.8 Å². The van der Waals surface area contributed by atoms with Crippen LogP contribution in [0.2, 0.25) is 0 Å². The molecule has 0 amide bonds. The largest absolute Gasteiger partial charge is 0.480 e. The lowest BCUT2D eigenvalue weighted by atomic mass is 10.2. The second kappa shape index (κ2) is 4.91. The average molecular weight is 180 g/mol. The Kier molecular flexibility index (Phi) is 4.99. The average Bonchev–Trinajstić information content (AvgIpc) is 1.87. The Balaban J connectivity index is 3.56. The van der Waals surface area contributed by atoms with Crippen molar-refractivity contribution in [3.8, 4) is 0 Å². The van der Waals surface area contributed by atoms with Crippen LogP contribution in [-0.4, -0.2) is 21.6 Å². The predicted octanol–water partition coefficient (Wildman–Crippen LogP) is 1.47. The Bertz CT molecular complexity index is 116. The number of thiol groups is 2. The molecule has 4 heteroatoms. The van der Waals surface area contributed by atoms with E-state index in [0.29, 0.717) is 6.42 Å². The van der Waals surface area contributed by atoms with E-state index in [-0.39, 0.29) is 5.25 Å². The molecule has 0 saturated carbocycles. The van der Waals surface area contributed by atoms with Gasteiger partial charge in [-0.3, -0.25) is 4.79 Å². The van der Waals surface area contributed by atoms with Crippen molar-refractivity contribution in [1.82, 2.24) is 0 Å². The second-order valence-corrected chi connectivity index (χ2v) is 3.51. The van der Waals surface area contributed by atoms with Crippen LogP contribution in [0, 0.1) is 0 Å². The minimum Gasteiger partial charge on any atom is -0.480 e. The number of hydrogen-bond acceptors (Lipinski definition) is 3. The summed E-state index contributed by atoms with van der Waals surface area (Å²) in [5.41, 5.74) is 0. The molecule has 0 aliphatic heterocycles. The van der Waals surface area contributed by atoms with Gasteiger partial charge in [0.05, 0.1) is 0 Å².